The van der Waals surface area contributed by atoms with Crippen LogP contribution in [0.5, 0.6) is 0 Å². The van der Waals surface area contributed by atoms with Crippen LogP contribution in [0.15, 0.2) is 24.3 Å². The maximum atomic E-state index is 12.8. The minimum Gasteiger partial charge on any atom is -0.384 e. The van der Waals surface area contributed by atoms with Crippen LogP contribution in [0.3, 0.4) is 0 Å². The number of hydrogen-bond donors (Lipinski definition) is 1. The van der Waals surface area contributed by atoms with Gasteiger partial charge in [-0.2, -0.15) is 0 Å². The Morgan fingerprint density at radius 1 is 1.21 bits per heavy atom. The summed E-state index contributed by atoms with van der Waals surface area (Å²) in [6.45, 7) is 1.77. The monoisotopic (exact) mass is 256 g/mol. The van der Waals surface area contributed by atoms with Crippen LogP contribution in [0.4, 0.5) is 5.69 Å². The van der Waals surface area contributed by atoms with Crippen LogP contribution in [0, 0.1) is 5.92 Å². The standard InChI is InChI=1S/C16H20N2O/c19-16(18(12-7-8-12)10-11-5-6-11)14-9-17-15-4-2-1-3-13(14)15/h1-4,11-12,14,17H,5-10H2. The minimum absolute atomic E-state index is 0.0375. The lowest BCUT2D eigenvalue weighted by atomic mass is 9.99. The van der Waals surface area contributed by atoms with Gasteiger partial charge in [-0.1, -0.05) is 18.2 Å². The van der Waals surface area contributed by atoms with Crippen molar-refractivity contribution in [2.24, 2.45) is 5.92 Å². The van der Waals surface area contributed by atoms with E-state index >= 15 is 0 Å². The Morgan fingerprint density at radius 2 is 2.00 bits per heavy atom. The van der Waals surface area contributed by atoms with Crippen LogP contribution in [0.25, 0.3) is 0 Å². The van der Waals surface area contributed by atoms with Gasteiger partial charge in [0.1, 0.15) is 0 Å². The Hall–Kier alpha value is -1.51. The second-order valence-corrected chi connectivity index (χ2v) is 6.19. The van der Waals surface area contributed by atoms with Crippen molar-refractivity contribution in [2.45, 2.75) is 37.6 Å². The molecule has 1 atom stereocenters. The fourth-order valence-electron chi connectivity index (χ4n) is 3.09. The smallest absolute Gasteiger partial charge is 0.232 e. The van der Waals surface area contributed by atoms with Gasteiger partial charge in [0, 0.05) is 24.8 Å². The normalized spacial score (nSPS) is 24.7. The quantitative estimate of drug-likeness (QED) is 0.898. The Morgan fingerprint density at radius 3 is 2.74 bits per heavy atom. The molecule has 0 aromatic heterocycles. The Labute approximate surface area is 114 Å². The van der Waals surface area contributed by atoms with E-state index in [4.69, 9.17) is 0 Å². The fourth-order valence-corrected chi connectivity index (χ4v) is 3.09. The third kappa shape index (κ3) is 2.11. The second-order valence-electron chi connectivity index (χ2n) is 6.19. The van der Waals surface area contributed by atoms with Crippen LogP contribution in [-0.4, -0.2) is 29.9 Å². The molecule has 1 aliphatic heterocycles. The Balaban J connectivity index is 1.56. The molecule has 100 valence electrons. The largest absolute Gasteiger partial charge is 0.384 e. The highest BCUT2D eigenvalue weighted by atomic mass is 16.2. The van der Waals surface area contributed by atoms with E-state index < -0.39 is 0 Å². The van der Waals surface area contributed by atoms with E-state index in [1.807, 2.05) is 12.1 Å². The molecule has 1 unspecified atom stereocenters. The average molecular weight is 256 g/mol. The van der Waals surface area contributed by atoms with Gasteiger partial charge in [-0.3, -0.25) is 4.79 Å². The van der Waals surface area contributed by atoms with Gasteiger partial charge in [-0.25, -0.2) is 0 Å². The summed E-state index contributed by atoms with van der Waals surface area (Å²) in [5.74, 6) is 1.18. The highest BCUT2D eigenvalue weighted by Crippen LogP contribution is 2.39. The minimum atomic E-state index is 0.0375. The maximum absolute atomic E-state index is 12.8. The van der Waals surface area contributed by atoms with Crippen molar-refractivity contribution in [3.05, 3.63) is 29.8 Å². The van der Waals surface area contributed by atoms with Gasteiger partial charge in [0.25, 0.3) is 0 Å². The number of fused-ring (bicyclic) bond motifs is 1. The Bertz CT molecular complexity index is 505. The fraction of sp³-hybridized carbons (Fsp3) is 0.562. The van der Waals surface area contributed by atoms with Crippen molar-refractivity contribution < 1.29 is 4.79 Å². The van der Waals surface area contributed by atoms with E-state index in [-0.39, 0.29) is 5.92 Å². The summed E-state index contributed by atoms with van der Waals surface area (Å²) in [5, 5.41) is 3.37. The van der Waals surface area contributed by atoms with Crippen LogP contribution in [0.2, 0.25) is 0 Å². The lowest BCUT2D eigenvalue weighted by Gasteiger charge is -2.25. The molecule has 0 spiro atoms. The van der Waals surface area contributed by atoms with E-state index in [1.54, 1.807) is 0 Å². The van der Waals surface area contributed by atoms with Crippen molar-refractivity contribution in [3.8, 4) is 0 Å². The first-order chi connectivity index (χ1) is 9.33. The van der Waals surface area contributed by atoms with Crippen LogP contribution < -0.4 is 5.32 Å². The molecule has 19 heavy (non-hydrogen) atoms. The van der Waals surface area contributed by atoms with Crippen molar-refractivity contribution in [2.75, 3.05) is 18.4 Å². The van der Waals surface area contributed by atoms with Crippen molar-refractivity contribution in [1.29, 1.82) is 0 Å². The maximum Gasteiger partial charge on any atom is 0.232 e. The summed E-state index contributed by atoms with van der Waals surface area (Å²) in [6, 6.07) is 8.78. The van der Waals surface area contributed by atoms with E-state index in [1.165, 1.54) is 31.2 Å². The molecular formula is C16H20N2O. The molecular weight excluding hydrogens is 236 g/mol. The van der Waals surface area contributed by atoms with Crippen molar-refractivity contribution in [1.82, 2.24) is 4.90 Å². The summed E-state index contributed by atoms with van der Waals surface area (Å²) in [7, 11) is 0. The number of benzene rings is 1. The van der Waals surface area contributed by atoms with Crippen LogP contribution >= 0.6 is 0 Å². The molecule has 0 bridgehead atoms. The number of anilines is 1. The summed E-state index contributed by atoms with van der Waals surface area (Å²) in [5.41, 5.74) is 2.33. The molecule has 3 aliphatic rings. The van der Waals surface area contributed by atoms with Gasteiger partial charge < -0.3 is 10.2 Å². The SMILES string of the molecule is O=C(C1CNc2ccccc21)N(CC1CC1)C1CC1. The lowest BCUT2D eigenvalue weighted by molar-refractivity contribution is -0.133. The summed E-state index contributed by atoms with van der Waals surface area (Å²) in [4.78, 5) is 15.0. The molecule has 1 amide bonds. The highest BCUT2D eigenvalue weighted by Gasteiger charge is 2.40. The topological polar surface area (TPSA) is 32.3 Å². The molecule has 3 heteroatoms. The first kappa shape index (κ1) is 11.3. The molecule has 0 radical (unpaired) electrons. The number of para-hydroxylation sites is 1. The number of nitrogens with zero attached hydrogens (tertiary/aromatic N) is 1. The molecule has 2 aliphatic carbocycles. The molecule has 2 fully saturated rings. The molecule has 3 nitrogen and oxygen atoms in total. The molecule has 1 aromatic rings. The Kier molecular flexibility index (Phi) is 2.54. The van der Waals surface area contributed by atoms with Crippen molar-refractivity contribution >= 4 is 11.6 Å². The highest BCUT2D eigenvalue weighted by molar-refractivity contribution is 5.88. The van der Waals surface area contributed by atoms with Crippen LogP contribution in [0.1, 0.15) is 37.2 Å². The van der Waals surface area contributed by atoms with Gasteiger partial charge in [0.15, 0.2) is 0 Å². The average Bonchev–Trinajstić information content (AvgIpc) is 3.33. The first-order valence-electron chi connectivity index (χ1n) is 7.46. The molecule has 4 rings (SSSR count). The number of amides is 1. The third-order valence-corrected chi connectivity index (χ3v) is 4.55. The number of carbonyl (C=O) groups excluding carboxylic acids is 1. The zero-order valence-corrected chi connectivity index (χ0v) is 11.1. The van der Waals surface area contributed by atoms with Gasteiger partial charge in [0.2, 0.25) is 5.91 Å². The van der Waals surface area contributed by atoms with Gasteiger partial charge in [-0.15, -0.1) is 0 Å². The van der Waals surface area contributed by atoms with E-state index in [9.17, 15) is 4.79 Å². The third-order valence-electron chi connectivity index (χ3n) is 4.55. The molecule has 2 saturated carbocycles. The number of nitrogens with one attached hydrogen (secondary N) is 1. The summed E-state index contributed by atoms with van der Waals surface area (Å²) in [6.07, 6.45) is 5.05. The van der Waals surface area contributed by atoms with Crippen molar-refractivity contribution in [3.63, 3.8) is 0 Å². The first-order valence-corrected chi connectivity index (χ1v) is 7.46. The predicted molar refractivity (Wildman–Crippen MR) is 75.1 cm³/mol. The lowest BCUT2D eigenvalue weighted by Crippen LogP contribution is -2.39. The summed E-state index contributed by atoms with van der Waals surface area (Å²) < 4.78 is 0. The number of rotatable bonds is 4. The van der Waals surface area contributed by atoms with Gasteiger partial charge >= 0.3 is 0 Å². The van der Waals surface area contributed by atoms with Gasteiger partial charge in [0.05, 0.1) is 5.92 Å². The van der Waals surface area contributed by atoms with E-state index in [2.05, 4.69) is 22.3 Å². The zero-order valence-electron chi connectivity index (χ0n) is 11.1. The molecule has 1 heterocycles. The molecule has 1 aromatic carbocycles. The second kappa shape index (κ2) is 4.26. The van der Waals surface area contributed by atoms with Crippen LogP contribution in [-0.2, 0) is 4.79 Å². The number of hydrogen-bond acceptors (Lipinski definition) is 2. The predicted octanol–water partition coefficient (Wildman–Crippen LogP) is 2.60. The number of carbonyl (C=O) groups is 1. The van der Waals surface area contributed by atoms with Gasteiger partial charge in [-0.05, 0) is 43.2 Å². The zero-order chi connectivity index (χ0) is 12.8. The molecule has 0 saturated heterocycles. The van der Waals surface area contributed by atoms with E-state index in [0.29, 0.717) is 11.9 Å². The van der Waals surface area contributed by atoms with E-state index in [0.717, 1.165) is 24.7 Å². The summed E-state index contributed by atoms with van der Waals surface area (Å²) >= 11 is 0. The molecule has 1 N–H and O–H groups in total.